The van der Waals surface area contributed by atoms with E-state index in [9.17, 15) is 0 Å². The number of piperazine rings is 1. The maximum absolute atomic E-state index is 6.06. The molecule has 2 N–H and O–H groups in total. The quantitative estimate of drug-likeness (QED) is 0.284. The highest BCUT2D eigenvalue weighted by Gasteiger charge is 2.14. The second-order valence-electron chi connectivity index (χ2n) is 8.50. The van der Waals surface area contributed by atoms with E-state index >= 15 is 0 Å². The minimum Gasteiger partial charge on any atom is -0.493 e. The van der Waals surface area contributed by atoms with Gasteiger partial charge in [0.15, 0.2) is 5.96 Å². The summed E-state index contributed by atoms with van der Waals surface area (Å²) in [5.74, 6) is 1.84. The van der Waals surface area contributed by atoms with Crippen molar-refractivity contribution in [3.63, 3.8) is 0 Å². The highest BCUT2D eigenvalue weighted by atomic mass is 16.5. The van der Waals surface area contributed by atoms with Gasteiger partial charge in [-0.15, -0.1) is 0 Å². The largest absolute Gasteiger partial charge is 0.493 e. The lowest BCUT2D eigenvalue weighted by Gasteiger charge is -2.34. The third-order valence-corrected chi connectivity index (χ3v) is 6.00. The lowest BCUT2D eigenvalue weighted by Crippen LogP contribution is -2.46. The molecule has 0 spiro atoms. The maximum atomic E-state index is 6.06. The van der Waals surface area contributed by atoms with Crippen molar-refractivity contribution in [1.82, 2.24) is 20.4 Å². The molecule has 0 saturated carbocycles. The van der Waals surface area contributed by atoms with Crippen LogP contribution in [0.1, 0.15) is 57.1 Å². The average Bonchev–Trinajstić information content (AvgIpc) is 2.80. The summed E-state index contributed by atoms with van der Waals surface area (Å²) in [7, 11) is 1.83. The van der Waals surface area contributed by atoms with Gasteiger partial charge in [0.25, 0.3) is 0 Å². The van der Waals surface area contributed by atoms with E-state index in [1.54, 1.807) is 0 Å². The van der Waals surface area contributed by atoms with E-state index in [0.29, 0.717) is 6.54 Å². The van der Waals surface area contributed by atoms with Crippen molar-refractivity contribution < 1.29 is 4.74 Å². The van der Waals surface area contributed by atoms with Gasteiger partial charge in [0.2, 0.25) is 0 Å². The van der Waals surface area contributed by atoms with Crippen LogP contribution >= 0.6 is 0 Å². The Morgan fingerprint density at radius 3 is 2.48 bits per heavy atom. The van der Waals surface area contributed by atoms with Gasteiger partial charge in [-0.3, -0.25) is 4.99 Å². The molecule has 6 nitrogen and oxygen atoms in total. The summed E-state index contributed by atoms with van der Waals surface area (Å²) in [6.45, 7) is 16.3. The van der Waals surface area contributed by atoms with Crippen LogP contribution in [0.15, 0.2) is 23.2 Å². The van der Waals surface area contributed by atoms with E-state index in [4.69, 9.17) is 4.74 Å². The normalized spacial score (nSPS) is 15.8. The first-order valence-corrected chi connectivity index (χ1v) is 12.3. The number of benzene rings is 1. The van der Waals surface area contributed by atoms with Crippen LogP contribution in [-0.2, 0) is 6.54 Å². The number of ether oxygens (including phenoxy) is 1. The molecule has 0 unspecified atom stereocenters. The van der Waals surface area contributed by atoms with Gasteiger partial charge >= 0.3 is 0 Å². The first-order chi connectivity index (χ1) is 15.2. The van der Waals surface area contributed by atoms with Crippen molar-refractivity contribution in [2.45, 2.75) is 59.4 Å². The fourth-order valence-corrected chi connectivity index (χ4v) is 3.87. The van der Waals surface area contributed by atoms with Crippen LogP contribution in [0, 0.1) is 6.92 Å². The van der Waals surface area contributed by atoms with Crippen molar-refractivity contribution in [2.75, 3.05) is 59.5 Å². The number of nitrogens with one attached hydrogen (secondary N) is 2. The third-order valence-electron chi connectivity index (χ3n) is 6.00. The summed E-state index contributed by atoms with van der Waals surface area (Å²) in [5.41, 5.74) is 2.41. The van der Waals surface area contributed by atoms with Gasteiger partial charge in [-0.1, -0.05) is 38.8 Å². The van der Waals surface area contributed by atoms with E-state index in [0.717, 1.165) is 37.7 Å². The number of guanidine groups is 1. The molecule has 176 valence electrons. The lowest BCUT2D eigenvalue weighted by molar-refractivity contribution is 0.136. The second-order valence-corrected chi connectivity index (χ2v) is 8.50. The van der Waals surface area contributed by atoms with Gasteiger partial charge in [0.1, 0.15) is 5.75 Å². The lowest BCUT2D eigenvalue weighted by atomic mass is 10.1. The fraction of sp³-hybridized carbons (Fsp3) is 0.720. The molecule has 1 fully saturated rings. The van der Waals surface area contributed by atoms with Crippen molar-refractivity contribution >= 4 is 5.96 Å². The summed E-state index contributed by atoms with van der Waals surface area (Å²) in [6.07, 6.45) is 5.91. The maximum Gasteiger partial charge on any atom is 0.191 e. The van der Waals surface area contributed by atoms with Gasteiger partial charge in [0.05, 0.1) is 6.61 Å². The monoisotopic (exact) mass is 431 g/mol. The van der Waals surface area contributed by atoms with Gasteiger partial charge in [0, 0.05) is 51.9 Å². The van der Waals surface area contributed by atoms with Gasteiger partial charge in [-0.05, 0) is 50.9 Å². The van der Waals surface area contributed by atoms with Gasteiger partial charge in [-0.2, -0.15) is 0 Å². The van der Waals surface area contributed by atoms with Crippen LogP contribution in [-0.4, -0.2) is 75.2 Å². The van der Waals surface area contributed by atoms with Crippen LogP contribution in [0.3, 0.4) is 0 Å². The highest BCUT2D eigenvalue weighted by Crippen LogP contribution is 2.20. The van der Waals surface area contributed by atoms with E-state index in [1.807, 2.05) is 7.05 Å². The third kappa shape index (κ3) is 9.92. The number of nitrogens with zero attached hydrogens (tertiary/aromatic N) is 3. The Hall–Kier alpha value is -1.79. The average molecular weight is 432 g/mol. The minimum absolute atomic E-state index is 0.713. The van der Waals surface area contributed by atoms with Gasteiger partial charge < -0.3 is 25.2 Å². The second kappa shape index (κ2) is 15.1. The smallest absolute Gasteiger partial charge is 0.191 e. The molecule has 1 saturated heterocycles. The minimum atomic E-state index is 0.713. The zero-order valence-corrected chi connectivity index (χ0v) is 20.4. The Kier molecular flexibility index (Phi) is 12.4. The number of unbranched alkanes of at least 4 members (excludes halogenated alkanes) is 3. The number of hydrogen-bond acceptors (Lipinski definition) is 4. The number of rotatable bonds is 13. The zero-order chi connectivity index (χ0) is 22.3. The molecule has 0 atom stereocenters. The zero-order valence-electron chi connectivity index (χ0n) is 20.4. The van der Waals surface area contributed by atoms with Crippen LogP contribution in [0.25, 0.3) is 0 Å². The molecule has 1 aromatic rings. The summed E-state index contributed by atoms with van der Waals surface area (Å²) >= 11 is 0. The van der Waals surface area contributed by atoms with Crippen LogP contribution < -0.4 is 15.4 Å². The molecular weight excluding hydrogens is 386 g/mol. The fourth-order valence-electron chi connectivity index (χ4n) is 3.87. The molecule has 2 rings (SSSR count). The first-order valence-electron chi connectivity index (χ1n) is 12.3. The van der Waals surface area contributed by atoms with Gasteiger partial charge in [-0.25, -0.2) is 0 Å². The van der Waals surface area contributed by atoms with E-state index in [1.165, 1.54) is 69.7 Å². The molecule has 1 aromatic carbocycles. The SMILES string of the molecule is CCCCCOc1cc(C)ccc1CNC(=NC)NCCCCN1CCN(CC)CC1. The molecule has 6 heteroatoms. The molecular formula is C25H45N5O. The van der Waals surface area contributed by atoms with Crippen molar-refractivity contribution in [3.8, 4) is 5.75 Å². The number of aliphatic imine (C=N–C) groups is 1. The molecule has 1 aliphatic rings. The van der Waals surface area contributed by atoms with E-state index in [-0.39, 0.29) is 0 Å². The molecule has 1 heterocycles. The number of hydrogen-bond donors (Lipinski definition) is 2. The van der Waals surface area contributed by atoms with E-state index < -0.39 is 0 Å². The molecule has 0 amide bonds. The summed E-state index contributed by atoms with van der Waals surface area (Å²) in [4.78, 5) is 9.51. The van der Waals surface area contributed by atoms with Crippen molar-refractivity contribution in [2.24, 2.45) is 4.99 Å². The topological polar surface area (TPSA) is 52.1 Å². The Bertz CT molecular complexity index is 641. The molecule has 0 bridgehead atoms. The standard InChI is InChI=1S/C25H45N5O/c1-5-7-10-19-31-24-20-22(3)11-12-23(24)21-28-25(26-4)27-13-8-9-14-30-17-15-29(6-2)16-18-30/h11-12,20H,5-10,13-19,21H2,1-4H3,(H2,26,27,28). The molecule has 0 aliphatic carbocycles. The Morgan fingerprint density at radius 1 is 1.00 bits per heavy atom. The molecule has 31 heavy (non-hydrogen) atoms. The summed E-state index contributed by atoms with van der Waals surface area (Å²) in [6, 6.07) is 6.44. The Morgan fingerprint density at radius 2 is 1.77 bits per heavy atom. The van der Waals surface area contributed by atoms with Crippen molar-refractivity contribution in [1.29, 1.82) is 0 Å². The number of aryl methyl sites for hydroxylation is 1. The summed E-state index contributed by atoms with van der Waals surface area (Å²) < 4.78 is 6.06. The van der Waals surface area contributed by atoms with Crippen LogP contribution in [0.5, 0.6) is 5.75 Å². The highest BCUT2D eigenvalue weighted by molar-refractivity contribution is 5.79. The first kappa shape index (κ1) is 25.5. The predicted octanol–water partition coefficient (Wildman–Crippen LogP) is 3.65. The van der Waals surface area contributed by atoms with Crippen molar-refractivity contribution in [3.05, 3.63) is 29.3 Å². The Labute approximate surface area is 190 Å². The van der Waals surface area contributed by atoms with Crippen LogP contribution in [0.4, 0.5) is 0 Å². The summed E-state index contributed by atoms with van der Waals surface area (Å²) in [5, 5.41) is 6.90. The molecule has 0 radical (unpaired) electrons. The van der Waals surface area contributed by atoms with Crippen LogP contribution in [0.2, 0.25) is 0 Å². The predicted molar refractivity (Wildman–Crippen MR) is 132 cm³/mol. The van der Waals surface area contributed by atoms with E-state index in [2.05, 4.69) is 64.4 Å². The number of likely N-dealkylation sites (N-methyl/N-ethyl adjacent to an activating group) is 1. The molecule has 0 aromatic heterocycles. The Balaban J connectivity index is 1.66. The molecule has 1 aliphatic heterocycles.